The van der Waals surface area contributed by atoms with Crippen LogP contribution in [-0.4, -0.2) is 76.7 Å². The summed E-state index contributed by atoms with van der Waals surface area (Å²) >= 11 is 0. The number of halogens is 1. The Balaban J connectivity index is 0. The molecular weight excluding hydrogens is 335 g/mol. The molecule has 0 aromatic heterocycles. The lowest BCUT2D eigenvalue weighted by Gasteiger charge is -2.22. The maximum absolute atomic E-state index is 11.4. The molecule has 1 amide bonds. The monoisotopic (exact) mass is 358 g/mol. The van der Waals surface area contributed by atoms with Gasteiger partial charge in [0.15, 0.2) is 5.96 Å². The first-order chi connectivity index (χ1) is 7.49. The van der Waals surface area contributed by atoms with Crippen LogP contribution in [0.2, 0.25) is 0 Å². The van der Waals surface area contributed by atoms with Gasteiger partial charge in [0.1, 0.15) is 6.54 Å². The Labute approximate surface area is 120 Å². The molecule has 0 saturated heterocycles. The molecule has 1 N–H and O–H groups in total. The molecule has 6 nitrogen and oxygen atoms in total. The van der Waals surface area contributed by atoms with Crippen LogP contribution in [0.3, 0.4) is 0 Å². The highest BCUT2D eigenvalue weighted by Crippen LogP contribution is 1.88. The van der Waals surface area contributed by atoms with E-state index in [4.69, 9.17) is 4.74 Å². The van der Waals surface area contributed by atoms with Crippen molar-refractivity contribution in [3.63, 3.8) is 0 Å². The van der Waals surface area contributed by atoms with Crippen molar-refractivity contribution in [2.24, 2.45) is 4.99 Å². The van der Waals surface area contributed by atoms with Crippen LogP contribution in [0.5, 0.6) is 0 Å². The summed E-state index contributed by atoms with van der Waals surface area (Å²) < 4.78 is 4.83. The molecule has 0 bridgehead atoms. The average Bonchev–Trinajstić information content (AvgIpc) is 2.17. The number of carbonyl (C=O) groups is 1. The van der Waals surface area contributed by atoms with Crippen LogP contribution < -0.4 is 5.32 Å². The van der Waals surface area contributed by atoms with Crippen LogP contribution in [0.25, 0.3) is 0 Å². The van der Waals surface area contributed by atoms with E-state index in [0.29, 0.717) is 13.2 Å². The van der Waals surface area contributed by atoms with Crippen molar-refractivity contribution in [3.05, 3.63) is 0 Å². The molecule has 0 saturated carbocycles. The first-order valence-corrected chi connectivity index (χ1v) is 5.13. The number of amides is 1. The van der Waals surface area contributed by atoms with Gasteiger partial charge in [0.25, 0.3) is 0 Å². The van der Waals surface area contributed by atoms with Crippen LogP contribution in [0.1, 0.15) is 0 Å². The average molecular weight is 358 g/mol. The molecule has 0 aliphatic heterocycles. The zero-order valence-electron chi connectivity index (χ0n) is 11.2. The summed E-state index contributed by atoms with van der Waals surface area (Å²) in [6, 6.07) is 0. The second kappa shape index (κ2) is 10.6. The number of aliphatic imine (C=N–C) groups is 1. The lowest BCUT2D eigenvalue weighted by Crippen LogP contribution is -2.37. The number of carbonyl (C=O) groups excluding carboxylic acids is 1. The van der Waals surface area contributed by atoms with E-state index in [1.807, 2.05) is 38.0 Å². The third-order valence-electron chi connectivity index (χ3n) is 1.79. The van der Waals surface area contributed by atoms with E-state index in [2.05, 4.69) is 10.3 Å². The summed E-state index contributed by atoms with van der Waals surface area (Å²) in [6.45, 7) is 1.17. The van der Waals surface area contributed by atoms with E-state index in [1.165, 1.54) is 0 Å². The minimum Gasteiger partial charge on any atom is -0.383 e. The predicted octanol–water partition coefficient (Wildman–Crippen LogP) is -0.154. The van der Waals surface area contributed by atoms with Crippen LogP contribution in [0.4, 0.5) is 0 Å². The van der Waals surface area contributed by atoms with Gasteiger partial charge in [-0.25, -0.2) is 4.99 Å². The van der Waals surface area contributed by atoms with E-state index in [-0.39, 0.29) is 36.4 Å². The van der Waals surface area contributed by atoms with Gasteiger partial charge in [-0.05, 0) is 0 Å². The third-order valence-corrected chi connectivity index (χ3v) is 1.79. The Bertz CT molecular complexity index is 234. The van der Waals surface area contributed by atoms with Crippen LogP contribution in [0, 0.1) is 0 Å². The fraction of sp³-hybridized carbons (Fsp3) is 0.800. The summed E-state index contributed by atoms with van der Waals surface area (Å²) in [5.74, 6) is 0.667. The lowest BCUT2D eigenvalue weighted by atomic mass is 10.5. The molecule has 0 radical (unpaired) electrons. The smallest absolute Gasteiger partial charge is 0.241 e. The number of rotatable bonds is 5. The van der Waals surface area contributed by atoms with Crippen LogP contribution >= 0.6 is 24.0 Å². The Morgan fingerprint density at radius 3 is 2.18 bits per heavy atom. The van der Waals surface area contributed by atoms with Crippen molar-refractivity contribution < 1.29 is 9.53 Å². The summed E-state index contributed by atoms with van der Waals surface area (Å²) in [7, 11) is 9.16. The van der Waals surface area contributed by atoms with Crippen LogP contribution in [0.15, 0.2) is 4.99 Å². The Hall–Kier alpha value is -0.570. The van der Waals surface area contributed by atoms with Gasteiger partial charge >= 0.3 is 0 Å². The zero-order valence-corrected chi connectivity index (χ0v) is 13.5. The fourth-order valence-electron chi connectivity index (χ4n) is 1.17. The predicted molar refractivity (Wildman–Crippen MR) is 80.0 cm³/mol. The molecule has 0 aliphatic carbocycles. The normalized spacial score (nSPS) is 9.00. The van der Waals surface area contributed by atoms with Crippen molar-refractivity contribution in [2.75, 3.05) is 55.0 Å². The number of hydrogen-bond donors (Lipinski definition) is 1. The second-order valence-electron chi connectivity index (χ2n) is 3.75. The first kappa shape index (κ1) is 18.8. The molecule has 7 heteroatoms. The number of ether oxygens (including phenoxy) is 1. The van der Waals surface area contributed by atoms with Gasteiger partial charge < -0.3 is 19.9 Å². The largest absolute Gasteiger partial charge is 0.383 e. The molecule has 0 aliphatic rings. The summed E-state index contributed by atoms with van der Waals surface area (Å²) in [5, 5.41) is 2.71. The SMILES string of the molecule is COCCNC(=O)CN=C(N(C)C)N(C)C.I. The van der Waals surface area contributed by atoms with E-state index in [0.717, 1.165) is 5.96 Å². The lowest BCUT2D eigenvalue weighted by molar-refractivity contribution is -0.119. The van der Waals surface area contributed by atoms with Gasteiger partial charge in [0, 0.05) is 41.8 Å². The van der Waals surface area contributed by atoms with E-state index < -0.39 is 0 Å². The number of methoxy groups -OCH3 is 1. The fourth-order valence-corrected chi connectivity index (χ4v) is 1.17. The molecule has 0 unspecified atom stereocenters. The van der Waals surface area contributed by atoms with Gasteiger partial charge in [-0.3, -0.25) is 4.79 Å². The molecule has 0 aromatic carbocycles. The number of hydrogen-bond acceptors (Lipinski definition) is 3. The number of guanidine groups is 1. The highest BCUT2D eigenvalue weighted by atomic mass is 127. The highest BCUT2D eigenvalue weighted by Gasteiger charge is 2.05. The van der Waals surface area contributed by atoms with Gasteiger partial charge in [-0.1, -0.05) is 0 Å². The van der Waals surface area contributed by atoms with Crippen molar-refractivity contribution >= 4 is 35.8 Å². The molecule has 0 heterocycles. The molecule has 0 fully saturated rings. The van der Waals surface area contributed by atoms with Crippen LogP contribution in [-0.2, 0) is 9.53 Å². The second-order valence-corrected chi connectivity index (χ2v) is 3.75. The topological polar surface area (TPSA) is 57.2 Å². The third kappa shape index (κ3) is 9.16. The minimum atomic E-state index is -0.0988. The van der Waals surface area contributed by atoms with Crippen molar-refractivity contribution in [2.45, 2.75) is 0 Å². The Morgan fingerprint density at radius 2 is 1.76 bits per heavy atom. The van der Waals surface area contributed by atoms with Gasteiger partial charge in [0.05, 0.1) is 6.61 Å². The quantitative estimate of drug-likeness (QED) is 0.321. The molecule has 0 rings (SSSR count). The Kier molecular flexibility index (Phi) is 11.7. The maximum atomic E-state index is 11.4. The van der Waals surface area contributed by atoms with E-state index >= 15 is 0 Å². The van der Waals surface area contributed by atoms with Crippen molar-refractivity contribution in [1.29, 1.82) is 0 Å². The number of nitrogens with zero attached hydrogens (tertiary/aromatic N) is 3. The highest BCUT2D eigenvalue weighted by molar-refractivity contribution is 14.0. The molecular formula is C10H23IN4O2. The van der Waals surface area contributed by atoms with Gasteiger partial charge in [-0.15, -0.1) is 24.0 Å². The van der Waals surface area contributed by atoms with Gasteiger partial charge in [-0.2, -0.15) is 0 Å². The Morgan fingerprint density at radius 1 is 1.24 bits per heavy atom. The zero-order chi connectivity index (χ0) is 12.6. The molecule has 0 atom stereocenters. The maximum Gasteiger partial charge on any atom is 0.241 e. The van der Waals surface area contributed by atoms with E-state index in [1.54, 1.807) is 7.11 Å². The summed E-state index contributed by atoms with van der Waals surface area (Å²) in [4.78, 5) is 19.3. The molecule has 102 valence electrons. The summed E-state index contributed by atoms with van der Waals surface area (Å²) in [5.41, 5.74) is 0. The first-order valence-electron chi connectivity index (χ1n) is 5.13. The number of nitrogens with one attached hydrogen (secondary N) is 1. The summed E-state index contributed by atoms with van der Waals surface area (Å²) in [6.07, 6.45) is 0. The van der Waals surface area contributed by atoms with E-state index in [9.17, 15) is 4.79 Å². The van der Waals surface area contributed by atoms with Crippen molar-refractivity contribution in [1.82, 2.24) is 15.1 Å². The molecule has 17 heavy (non-hydrogen) atoms. The standard InChI is InChI=1S/C10H22N4O2.HI/c1-13(2)10(14(3)4)12-8-9(15)11-6-7-16-5;/h6-8H2,1-5H3,(H,11,15);1H. The molecule has 0 aromatic rings. The van der Waals surface area contributed by atoms with Crippen molar-refractivity contribution in [3.8, 4) is 0 Å². The van der Waals surface area contributed by atoms with Gasteiger partial charge in [0.2, 0.25) is 5.91 Å². The molecule has 0 spiro atoms. The minimum absolute atomic E-state index is 0.